The second kappa shape index (κ2) is 8.82. The van der Waals surface area contributed by atoms with Crippen molar-refractivity contribution in [3.8, 4) is 5.75 Å². The fourth-order valence-electron chi connectivity index (χ4n) is 2.46. The van der Waals surface area contributed by atoms with Crippen LogP contribution in [-0.4, -0.2) is 38.5 Å². The summed E-state index contributed by atoms with van der Waals surface area (Å²) in [6, 6.07) is 14.6. The van der Waals surface area contributed by atoms with Gasteiger partial charge >= 0.3 is 0 Å². The Balaban J connectivity index is 1.98. The number of nitrogens with zero attached hydrogens (tertiary/aromatic N) is 1. The van der Waals surface area contributed by atoms with Crippen LogP contribution in [-0.2, 0) is 21.4 Å². The van der Waals surface area contributed by atoms with E-state index >= 15 is 0 Å². The SMILES string of the molecule is COc1ccc(NC(=O)CCN(Cc2ccccc2C)S(C)(=O)=O)cc1. The Morgan fingerprint density at radius 3 is 2.35 bits per heavy atom. The molecule has 0 fully saturated rings. The molecule has 26 heavy (non-hydrogen) atoms. The van der Waals surface area contributed by atoms with Gasteiger partial charge in [-0.05, 0) is 42.3 Å². The summed E-state index contributed by atoms with van der Waals surface area (Å²) in [6.45, 7) is 2.31. The highest BCUT2D eigenvalue weighted by atomic mass is 32.2. The Morgan fingerprint density at radius 2 is 1.77 bits per heavy atom. The molecule has 0 atom stereocenters. The van der Waals surface area contributed by atoms with Gasteiger partial charge in [-0.2, -0.15) is 4.31 Å². The van der Waals surface area contributed by atoms with E-state index in [-0.39, 0.29) is 25.4 Å². The zero-order valence-corrected chi connectivity index (χ0v) is 16.0. The summed E-state index contributed by atoms with van der Waals surface area (Å²) >= 11 is 0. The zero-order chi connectivity index (χ0) is 19.2. The highest BCUT2D eigenvalue weighted by Gasteiger charge is 2.19. The molecular weight excluding hydrogens is 352 g/mol. The highest BCUT2D eigenvalue weighted by molar-refractivity contribution is 7.88. The summed E-state index contributed by atoms with van der Waals surface area (Å²) in [6.07, 6.45) is 1.23. The van der Waals surface area contributed by atoms with Gasteiger partial charge in [-0.3, -0.25) is 4.79 Å². The van der Waals surface area contributed by atoms with Crippen LogP contribution in [0.25, 0.3) is 0 Å². The van der Waals surface area contributed by atoms with Crippen molar-refractivity contribution < 1.29 is 17.9 Å². The lowest BCUT2D eigenvalue weighted by atomic mass is 10.1. The van der Waals surface area contributed by atoms with Crippen molar-refractivity contribution in [2.75, 3.05) is 25.2 Å². The third-order valence-electron chi connectivity index (χ3n) is 4.04. The normalized spacial score (nSPS) is 11.4. The van der Waals surface area contributed by atoms with Crippen molar-refractivity contribution in [1.82, 2.24) is 4.31 Å². The number of methoxy groups -OCH3 is 1. The van der Waals surface area contributed by atoms with E-state index in [1.54, 1.807) is 31.4 Å². The van der Waals surface area contributed by atoms with Crippen molar-refractivity contribution in [1.29, 1.82) is 0 Å². The van der Waals surface area contributed by atoms with Gasteiger partial charge in [-0.1, -0.05) is 24.3 Å². The molecule has 0 aliphatic carbocycles. The van der Waals surface area contributed by atoms with E-state index in [0.29, 0.717) is 11.4 Å². The van der Waals surface area contributed by atoms with Gasteiger partial charge in [0, 0.05) is 25.2 Å². The van der Waals surface area contributed by atoms with Crippen LogP contribution in [0.4, 0.5) is 5.69 Å². The lowest BCUT2D eigenvalue weighted by molar-refractivity contribution is -0.116. The molecule has 0 aliphatic heterocycles. The molecule has 1 N–H and O–H groups in total. The minimum Gasteiger partial charge on any atom is -0.497 e. The topological polar surface area (TPSA) is 75.7 Å². The molecule has 1 amide bonds. The Labute approximate surface area is 154 Å². The molecule has 0 radical (unpaired) electrons. The van der Waals surface area contributed by atoms with Crippen molar-refractivity contribution in [3.63, 3.8) is 0 Å². The number of sulfonamides is 1. The van der Waals surface area contributed by atoms with Crippen LogP contribution >= 0.6 is 0 Å². The predicted octanol–water partition coefficient (Wildman–Crippen LogP) is 2.79. The first-order chi connectivity index (χ1) is 12.3. The molecule has 6 nitrogen and oxygen atoms in total. The monoisotopic (exact) mass is 376 g/mol. The number of ether oxygens (including phenoxy) is 1. The quantitative estimate of drug-likeness (QED) is 0.769. The average Bonchev–Trinajstić information content (AvgIpc) is 2.59. The molecule has 0 unspecified atom stereocenters. The minimum atomic E-state index is -3.42. The first kappa shape index (κ1) is 19.9. The summed E-state index contributed by atoms with van der Waals surface area (Å²) in [5, 5.41) is 2.76. The van der Waals surface area contributed by atoms with E-state index < -0.39 is 10.0 Å². The van der Waals surface area contributed by atoms with Gasteiger partial charge < -0.3 is 10.1 Å². The number of hydrogen-bond donors (Lipinski definition) is 1. The second-order valence-corrected chi connectivity index (χ2v) is 8.03. The van der Waals surface area contributed by atoms with Crippen molar-refractivity contribution >= 4 is 21.6 Å². The maximum absolute atomic E-state index is 12.2. The number of rotatable bonds is 8. The lowest BCUT2D eigenvalue weighted by Gasteiger charge is -2.20. The standard InChI is InChI=1S/C19H24N2O4S/c1-15-6-4-5-7-16(15)14-21(26(3,23)24)13-12-19(22)20-17-8-10-18(25-2)11-9-17/h4-11H,12-14H2,1-3H3,(H,20,22). The van der Waals surface area contributed by atoms with E-state index in [9.17, 15) is 13.2 Å². The molecule has 2 rings (SSSR count). The average molecular weight is 376 g/mol. The number of carbonyl (C=O) groups excluding carboxylic acids is 1. The van der Waals surface area contributed by atoms with Gasteiger partial charge in [0.15, 0.2) is 0 Å². The van der Waals surface area contributed by atoms with Crippen LogP contribution < -0.4 is 10.1 Å². The molecule has 140 valence electrons. The number of carbonyl (C=O) groups is 1. The summed E-state index contributed by atoms with van der Waals surface area (Å²) in [5.41, 5.74) is 2.58. The Hall–Kier alpha value is -2.38. The molecule has 0 saturated heterocycles. The molecule has 0 saturated carbocycles. The van der Waals surface area contributed by atoms with Crippen molar-refractivity contribution in [2.45, 2.75) is 19.9 Å². The smallest absolute Gasteiger partial charge is 0.225 e. The molecule has 0 aliphatic rings. The predicted molar refractivity (Wildman–Crippen MR) is 103 cm³/mol. The summed E-state index contributed by atoms with van der Waals surface area (Å²) < 4.78 is 30.5. The first-order valence-corrected chi connectivity index (χ1v) is 10.1. The number of benzene rings is 2. The van der Waals surface area contributed by atoms with Crippen molar-refractivity contribution in [3.05, 3.63) is 59.7 Å². The maximum Gasteiger partial charge on any atom is 0.225 e. The number of amides is 1. The number of aryl methyl sites for hydroxylation is 1. The Morgan fingerprint density at radius 1 is 1.12 bits per heavy atom. The minimum absolute atomic E-state index is 0.0744. The second-order valence-electron chi connectivity index (χ2n) is 6.05. The number of nitrogens with one attached hydrogen (secondary N) is 1. The van der Waals surface area contributed by atoms with E-state index in [1.165, 1.54) is 4.31 Å². The number of hydrogen-bond acceptors (Lipinski definition) is 4. The van der Waals surface area contributed by atoms with Gasteiger partial charge in [-0.15, -0.1) is 0 Å². The largest absolute Gasteiger partial charge is 0.497 e. The molecule has 0 heterocycles. The van der Waals surface area contributed by atoms with Crippen LogP contribution in [0.15, 0.2) is 48.5 Å². The van der Waals surface area contributed by atoms with E-state index in [1.807, 2.05) is 31.2 Å². The maximum atomic E-state index is 12.2. The molecule has 2 aromatic carbocycles. The molecule has 0 spiro atoms. The molecule has 7 heteroatoms. The molecule has 0 bridgehead atoms. The van der Waals surface area contributed by atoms with Gasteiger partial charge in [-0.25, -0.2) is 8.42 Å². The van der Waals surface area contributed by atoms with Crippen LogP contribution in [0.2, 0.25) is 0 Å². The molecular formula is C19H24N2O4S. The summed E-state index contributed by atoms with van der Waals surface area (Å²) in [4.78, 5) is 12.2. The van der Waals surface area contributed by atoms with Crippen LogP contribution in [0.3, 0.4) is 0 Å². The zero-order valence-electron chi connectivity index (χ0n) is 15.2. The van der Waals surface area contributed by atoms with Crippen molar-refractivity contribution in [2.24, 2.45) is 0 Å². The Bertz CT molecular complexity index is 848. The Kier molecular flexibility index (Phi) is 6.76. The van der Waals surface area contributed by atoms with Gasteiger partial charge in [0.1, 0.15) is 5.75 Å². The highest BCUT2D eigenvalue weighted by Crippen LogP contribution is 2.16. The first-order valence-electron chi connectivity index (χ1n) is 8.23. The number of anilines is 1. The van der Waals surface area contributed by atoms with Gasteiger partial charge in [0.2, 0.25) is 15.9 Å². The fourth-order valence-corrected chi connectivity index (χ4v) is 3.26. The summed E-state index contributed by atoms with van der Waals surface area (Å²) in [5.74, 6) is 0.457. The van der Waals surface area contributed by atoms with E-state index in [0.717, 1.165) is 17.4 Å². The van der Waals surface area contributed by atoms with Crippen LogP contribution in [0.5, 0.6) is 5.75 Å². The summed E-state index contributed by atoms with van der Waals surface area (Å²) in [7, 11) is -1.85. The van der Waals surface area contributed by atoms with Crippen LogP contribution in [0.1, 0.15) is 17.5 Å². The van der Waals surface area contributed by atoms with Gasteiger partial charge in [0.25, 0.3) is 0 Å². The van der Waals surface area contributed by atoms with E-state index in [4.69, 9.17) is 4.74 Å². The fraction of sp³-hybridized carbons (Fsp3) is 0.316. The van der Waals surface area contributed by atoms with Crippen LogP contribution in [0, 0.1) is 6.92 Å². The third kappa shape index (κ3) is 5.86. The van der Waals surface area contributed by atoms with Gasteiger partial charge in [0.05, 0.1) is 13.4 Å². The lowest BCUT2D eigenvalue weighted by Crippen LogP contribution is -2.32. The molecule has 2 aromatic rings. The third-order valence-corrected chi connectivity index (χ3v) is 5.29. The van der Waals surface area contributed by atoms with E-state index in [2.05, 4.69) is 5.32 Å². The molecule has 0 aromatic heterocycles.